The fourth-order valence-electron chi connectivity index (χ4n) is 3.25. The summed E-state index contributed by atoms with van der Waals surface area (Å²) in [5.74, 6) is -0.0762. The molecule has 2 N–H and O–H groups in total. The summed E-state index contributed by atoms with van der Waals surface area (Å²) in [4.78, 5) is 14.1. The maximum Gasteiger partial charge on any atom is 0.257 e. The molecule has 30 heavy (non-hydrogen) atoms. The van der Waals surface area contributed by atoms with Gasteiger partial charge in [-0.25, -0.2) is 4.39 Å². The number of aromatic nitrogens is 2. The highest BCUT2D eigenvalue weighted by Gasteiger charge is 2.16. The van der Waals surface area contributed by atoms with E-state index in [-0.39, 0.29) is 23.0 Å². The number of nitrogens with zero attached hydrogens (tertiary/aromatic N) is 2. The molecule has 0 atom stereocenters. The Balaban J connectivity index is 1.42. The van der Waals surface area contributed by atoms with Crippen LogP contribution in [0.3, 0.4) is 0 Å². The number of nitrogens with one attached hydrogen (secondary N) is 1. The van der Waals surface area contributed by atoms with Gasteiger partial charge in [0.25, 0.3) is 5.91 Å². The van der Waals surface area contributed by atoms with Crippen molar-refractivity contribution in [1.29, 1.82) is 0 Å². The first kappa shape index (κ1) is 21.4. The molecule has 0 aliphatic heterocycles. The van der Waals surface area contributed by atoms with E-state index >= 15 is 0 Å². The van der Waals surface area contributed by atoms with Crippen LogP contribution in [0.5, 0.6) is 11.5 Å². The Morgan fingerprint density at radius 1 is 1.17 bits per heavy atom. The maximum atomic E-state index is 13.3. The van der Waals surface area contributed by atoms with E-state index in [0.717, 1.165) is 42.6 Å². The SMILES string of the molecule is COc1ccc(C(=O)N(C)CCCCCc2cc(-c3cccc(F)c3)n[nH]2)c(O)c1. The normalized spacial score (nSPS) is 10.8. The summed E-state index contributed by atoms with van der Waals surface area (Å²) in [6, 6.07) is 13.0. The van der Waals surface area contributed by atoms with E-state index < -0.39 is 0 Å². The molecule has 0 bridgehead atoms. The molecule has 0 saturated heterocycles. The van der Waals surface area contributed by atoms with Gasteiger partial charge < -0.3 is 14.7 Å². The number of H-pyrrole nitrogens is 1. The smallest absolute Gasteiger partial charge is 0.257 e. The van der Waals surface area contributed by atoms with Gasteiger partial charge in [-0.1, -0.05) is 18.6 Å². The molecule has 3 aromatic rings. The minimum absolute atomic E-state index is 0.0838. The molecule has 1 aromatic heterocycles. The first-order valence-electron chi connectivity index (χ1n) is 9.90. The largest absolute Gasteiger partial charge is 0.507 e. The maximum absolute atomic E-state index is 13.3. The number of halogens is 1. The number of aryl methyl sites for hydroxylation is 1. The average Bonchev–Trinajstić information content (AvgIpc) is 3.21. The number of carbonyl (C=O) groups excluding carboxylic acids is 1. The molecule has 0 radical (unpaired) electrons. The summed E-state index contributed by atoms with van der Waals surface area (Å²) in [6.07, 6.45) is 3.57. The van der Waals surface area contributed by atoms with Gasteiger partial charge in [-0.3, -0.25) is 9.89 Å². The Kier molecular flexibility index (Phi) is 7.06. The first-order chi connectivity index (χ1) is 14.5. The molecular formula is C23H26FN3O3. The summed E-state index contributed by atoms with van der Waals surface area (Å²) >= 11 is 0. The monoisotopic (exact) mass is 411 g/mol. The third-order valence-corrected chi connectivity index (χ3v) is 4.97. The third-order valence-electron chi connectivity index (χ3n) is 4.97. The van der Waals surface area contributed by atoms with E-state index in [1.807, 2.05) is 12.1 Å². The Labute approximate surface area is 175 Å². The van der Waals surface area contributed by atoms with Crippen LogP contribution in [0.25, 0.3) is 11.3 Å². The van der Waals surface area contributed by atoms with Gasteiger partial charge in [0.2, 0.25) is 0 Å². The molecule has 0 saturated carbocycles. The molecule has 0 unspecified atom stereocenters. The number of phenols is 1. The molecule has 1 amide bonds. The van der Waals surface area contributed by atoms with E-state index in [0.29, 0.717) is 12.3 Å². The lowest BCUT2D eigenvalue weighted by Gasteiger charge is -2.18. The zero-order chi connectivity index (χ0) is 21.5. The van der Waals surface area contributed by atoms with E-state index in [2.05, 4.69) is 10.2 Å². The summed E-state index contributed by atoms with van der Waals surface area (Å²) in [5.41, 5.74) is 2.75. The number of ether oxygens (including phenoxy) is 1. The number of aromatic hydroxyl groups is 1. The van der Waals surface area contributed by atoms with Crippen molar-refractivity contribution in [3.05, 3.63) is 65.6 Å². The number of phenolic OH excluding ortho intramolecular Hbond substituents is 1. The molecule has 2 aromatic carbocycles. The van der Waals surface area contributed by atoms with Crippen molar-refractivity contribution in [2.75, 3.05) is 20.7 Å². The minimum atomic E-state index is -0.279. The van der Waals surface area contributed by atoms with E-state index in [9.17, 15) is 14.3 Å². The summed E-state index contributed by atoms with van der Waals surface area (Å²) in [7, 11) is 3.24. The fourth-order valence-corrected chi connectivity index (χ4v) is 3.25. The molecule has 7 heteroatoms. The number of benzene rings is 2. The van der Waals surface area contributed by atoms with Crippen molar-refractivity contribution < 1.29 is 19.0 Å². The van der Waals surface area contributed by atoms with E-state index in [1.165, 1.54) is 25.3 Å². The van der Waals surface area contributed by atoms with Gasteiger partial charge in [-0.2, -0.15) is 5.10 Å². The second-order valence-electron chi connectivity index (χ2n) is 7.21. The van der Waals surface area contributed by atoms with Crippen LogP contribution in [0, 0.1) is 5.82 Å². The summed E-state index contributed by atoms with van der Waals surface area (Å²) in [5, 5.41) is 17.3. The zero-order valence-electron chi connectivity index (χ0n) is 17.2. The number of amides is 1. The van der Waals surface area contributed by atoms with Crippen LogP contribution in [0.15, 0.2) is 48.5 Å². The Morgan fingerprint density at radius 3 is 2.73 bits per heavy atom. The number of hydrogen-bond acceptors (Lipinski definition) is 4. The molecule has 0 spiro atoms. The number of hydrogen-bond donors (Lipinski definition) is 2. The van der Waals surface area contributed by atoms with Gasteiger partial charge in [-0.05, 0) is 49.6 Å². The van der Waals surface area contributed by atoms with Crippen molar-refractivity contribution in [1.82, 2.24) is 15.1 Å². The minimum Gasteiger partial charge on any atom is -0.507 e. The van der Waals surface area contributed by atoms with Crippen molar-refractivity contribution in [3.8, 4) is 22.8 Å². The highest BCUT2D eigenvalue weighted by molar-refractivity contribution is 5.96. The van der Waals surface area contributed by atoms with Crippen molar-refractivity contribution >= 4 is 5.91 Å². The lowest BCUT2D eigenvalue weighted by Crippen LogP contribution is -2.27. The number of rotatable bonds is 9. The number of aromatic amines is 1. The molecule has 158 valence electrons. The van der Waals surface area contributed by atoms with Gasteiger partial charge in [0.15, 0.2) is 0 Å². The quantitative estimate of drug-likeness (QED) is 0.511. The van der Waals surface area contributed by atoms with Gasteiger partial charge in [-0.15, -0.1) is 0 Å². The van der Waals surface area contributed by atoms with Crippen molar-refractivity contribution in [2.24, 2.45) is 0 Å². The molecule has 3 rings (SSSR count). The average molecular weight is 411 g/mol. The van der Waals surface area contributed by atoms with E-state index in [4.69, 9.17) is 4.74 Å². The van der Waals surface area contributed by atoms with Gasteiger partial charge in [0, 0.05) is 30.9 Å². The zero-order valence-corrected chi connectivity index (χ0v) is 17.2. The Morgan fingerprint density at radius 2 is 2.00 bits per heavy atom. The Hall–Kier alpha value is -3.35. The first-order valence-corrected chi connectivity index (χ1v) is 9.90. The molecule has 0 aliphatic carbocycles. The molecular weight excluding hydrogens is 385 g/mol. The Bertz CT molecular complexity index is 1000. The van der Waals surface area contributed by atoms with E-state index in [1.54, 1.807) is 30.1 Å². The van der Waals surface area contributed by atoms with Gasteiger partial charge in [0.05, 0.1) is 18.4 Å². The summed E-state index contributed by atoms with van der Waals surface area (Å²) < 4.78 is 18.4. The fraction of sp³-hybridized carbons (Fsp3) is 0.304. The lowest BCUT2D eigenvalue weighted by molar-refractivity contribution is 0.0789. The van der Waals surface area contributed by atoms with Gasteiger partial charge in [0.1, 0.15) is 17.3 Å². The molecule has 1 heterocycles. The van der Waals surface area contributed by atoms with Crippen LogP contribution in [0.2, 0.25) is 0 Å². The predicted molar refractivity (Wildman–Crippen MR) is 113 cm³/mol. The number of unbranched alkanes of at least 4 members (excludes halogenated alkanes) is 2. The lowest BCUT2D eigenvalue weighted by atomic mass is 10.1. The van der Waals surface area contributed by atoms with Crippen molar-refractivity contribution in [2.45, 2.75) is 25.7 Å². The highest BCUT2D eigenvalue weighted by atomic mass is 19.1. The predicted octanol–water partition coefficient (Wildman–Crippen LogP) is 4.42. The van der Waals surface area contributed by atoms with Crippen molar-refractivity contribution in [3.63, 3.8) is 0 Å². The highest BCUT2D eigenvalue weighted by Crippen LogP contribution is 2.24. The van der Waals surface area contributed by atoms with Crippen LogP contribution in [0.1, 0.15) is 35.3 Å². The number of methoxy groups -OCH3 is 1. The van der Waals surface area contributed by atoms with Gasteiger partial charge >= 0.3 is 0 Å². The van der Waals surface area contributed by atoms with Crippen LogP contribution < -0.4 is 4.74 Å². The molecule has 6 nitrogen and oxygen atoms in total. The second-order valence-corrected chi connectivity index (χ2v) is 7.21. The van der Waals surface area contributed by atoms with Crippen LogP contribution in [-0.4, -0.2) is 46.8 Å². The standard InChI is InChI=1S/C23H26FN3O3/c1-27(23(29)20-11-10-19(30-2)15-22(20)28)12-5-3-4-9-18-14-21(26-25-18)16-7-6-8-17(24)13-16/h6-8,10-11,13-15,28H,3-5,9,12H2,1-2H3,(H,25,26). The molecule has 0 fully saturated rings. The third kappa shape index (κ3) is 5.37. The van der Waals surface area contributed by atoms with Crippen LogP contribution >= 0.6 is 0 Å². The molecule has 0 aliphatic rings. The van der Waals surface area contributed by atoms with Crippen LogP contribution in [0.4, 0.5) is 4.39 Å². The summed E-state index contributed by atoms with van der Waals surface area (Å²) in [6.45, 7) is 0.599. The topological polar surface area (TPSA) is 78.5 Å². The number of carbonyl (C=O) groups is 1. The van der Waals surface area contributed by atoms with Crippen LogP contribution in [-0.2, 0) is 6.42 Å². The second kappa shape index (κ2) is 9.91.